The van der Waals surface area contributed by atoms with Crippen LogP contribution in [0, 0.1) is 0 Å². The topological polar surface area (TPSA) is 131 Å². The number of hydrogen-bond acceptors (Lipinski definition) is 8. The molecular formula is C17H32N4O6S. The summed E-state index contributed by atoms with van der Waals surface area (Å²) in [6.07, 6.45) is 0.772. The van der Waals surface area contributed by atoms with Crippen LogP contribution in [0.2, 0.25) is 0 Å². The Kier molecular flexibility index (Phi) is 7.29. The molecule has 0 aromatic rings. The van der Waals surface area contributed by atoms with Gasteiger partial charge in [-0.1, -0.05) is 0 Å². The molecule has 5 atom stereocenters. The van der Waals surface area contributed by atoms with Crippen molar-refractivity contribution in [3.05, 3.63) is 0 Å². The van der Waals surface area contributed by atoms with Gasteiger partial charge in [0, 0.05) is 32.7 Å². The maximum atomic E-state index is 12.6. The van der Waals surface area contributed by atoms with Gasteiger partial charge in [-0.2, -0.15) is 0 Å². The van der Waals surface area contributed by atoms with Crippen molar-refractivity contribution in [3.63, 3.8) is 0 Å². The molecule has 0 aromatic heterocycles. The Bertz CT molecular complexity index is 634. The zero-order chi connectivity index (χ0) is 20.3. The number of hydrogen-bond donors (Lipinski definition) is 4. The molecule has 3 heterocycles. The summed E-state index contributed by atoms with van der Waals surface area (Å²) in [6.45, 7) is 3.76. The standard InChI is InChI=1S/C17H32N4O6S/c1-28(25,26)19-11-13-17(24)16(23)12(27-13)10-15(22)21-8-6-20(7-9-21)14-4-2-3-5-18-14/h12-14,16-19,23-24H,2-11H2,1H3/t12-,13-,14?,16-,17+/m0/s1. The van der Waals surface area contributed by atoms with E-state index in [9.17, 15) is 23.4 Å². The van der Waals surface area contributed by atoms with Crippen molar-refractivity contribution in [2.45, 2.75) is 56.3 Å². The molecule has 0 saturated carbocycles. The summed E-state index contributed by atoms with van der Waals surface area (Å²) in [7, 11) is -3.43. The first kappa shape index (κ1) is 21.9. The van der Waals surface area contributed by atoms with Gasteiger partial charge in [-0.3, -0.25) is 9.69 Å². The zero-order valence-corrected chi connectivity index (χ0v) is 17.1. The molecule has 1 unspecified atom stereocenters. The van der Waals surface area contributed by atoms with Gasteiger partial charge in [0.15, 0.2) is 0 Å². The average molecular weight is 421 g/mol. The fourth-order valence-corrected chi connectivity index (χ4v) is 4.59. The smallest absolute Gasteiger partial charge is 0.225 e. The number of aliphatic hydroxyl groups is 2. The highest BCUT2D eigenvalue weighted by Gasteiger charge is 2.44. The number of amides is 1. The summed E-state index contributed by atoms with van der Waals surface area (Å²) < 4.78 is 30.2. The van der Waals surface area contributed by atoms with E-state index < -0.39 is 34.4 Å². The normalized spacial score (nSPS) is 35.2. The molecule has 0 aromatic carbocycles. The molecule has 0 spiro atoms. The van der Waals surface area contributed by atoms with Crippen molar-refractivity contribution in [3.8, 4) is 0 Å². The largest absolute Gasteiger partial charge is 0.388 e. The number of ether oxygens (including phenoxy) is 1. The van der Waals surface area contributed by atoms with Crippen molar-refractivity contribution in [2.24, 2.45) is 0 Å². The number of sulfonamides is 1. The number of nitrogens with one attached hydrogen (secondary N) is 2. The van der Waals surface area contributed by atoms with Gasteiger partial charge in [0.2, 0.25) is 15.9 Å². The van der Waals surface area contributed by atoms with E-state index in [1.54, 1.807) is 4.90 Å². The van der Waals surface area contributed by atoms with Crippen molar-refractivity contribution >= 4 is 15.9 Å². The fraction of sp³-hybridized carbons (Fsp3) is 0.941. The Hall–Kier alpha value is -0.820. The lowest BCUT2D eigenvalue weighted by Crippen LogP contribution is -2.57. The van der Waals surface area contributed by atoms with Crippen LogP contribution in [0.4, 0.5) is 0 Å². The first-order valence-electron chi connectivity index (χ1n) is 9.96. The van der Waals surface area contributed by atoms with E-state index in [1.165, 1.54) is 12.8 Å². The van der Waals surface area contributed by atoms with Crippen molar-refractivity contribution < 1.29 is 28.2 Å². The predicted octanol–water partition coefficient (Wildman–Crippen LogP) is -2.34. The molecule has 3 rings (SSSR count). The maximum Gasteiger partial charge on any atom is 0.225 e. The van der Waals surface area contributed by atoms with E-state index >= 15 is 0 Å². The quantitative estimate of drug-likeness (QED) is 0.376. The summed E-state index contributed by atoms with van der Waals surface area (Å²) >= 11 is 0. The maximum absolute atomic E-state index is 12.6. The molecule has 162 valence electrons. The first-order valence-corrected chi connectivity index (χ1v) is 11.8. The molecule has 3 fully saturated rings. The van der Waals surface area contributed by atoms with Crippen LogP contribution in [0.15, 0.2) is 0 Å². The van der Waals surface area contributed by atoms with Gasteiger partial charge in [-0.05, 0) is 25.8 Å². The number of piperazine rings is 1. The fourth-order valence-electron chi connectivity index (χ4n) is 4.13. The number of rotatable bonds is 6. The van der Waals surface area contributed by atoms with Crippen LogP contribution in [0.25, 0.3) is 0 Å². The van der Waals surface area contributed by atoms with Crippen molar-refractivity contribution in [1.29, 1.82) is 0 Å². The first-order chi connectivity index (χ1) is 13.2. The predicted molar refractivity (Wildman–Crippen MR) is 102 cm³/mol. The third-order valence-electron chi connectivity index (χ3n) is 5.78. The van der Waals surface area contributed by atoms with E-state index in [1.807, 2.05) is 0 Å². The summed E-state index contributed by atoms with van der Waals surface area (Å²) in [6, 6.07) is 0. The minimum Gasteiger partial charge on any atom is -0.388 e. The SMILES string of the molecule is CS(=O)(=O)NC[C@@H]1O[C@@H](CC(=O)N2CCN(C3CCCCN3)CC2)[C@H](O)[C@@H]1O. The third-order valence-corrected chi connectivity index (χ3v) is 6.47. The minimum atomic E-state index is -3.43. The van der Waals surface area contributed by atoms with Crippen molar-refractivity contribution in [1.82, 2.24) is 19.8 Å². The van der Waals surface area contributed by atoms with Crippen LogP contribution in [0.1, 0.15) is 25.7 Å². The average Bonchev–Trinajstić information content (AvgIpc) is 2.94. The molecule has 3 aliphatic rings. The minimum absolute atomic E-state index is 0.0325. The van der Waals surface area contributed by atoms with E-state index in [-0.39, 0.29) is 18.9 Å². The second kappa shape index (κ2) is 9.33. The van der Waals surface area contributed by atoms with Gasteiger partial charge >= 0.3 is 0 Å². The van der Waals surface area contributed by atoms with Crippen LogP contribution in [-0.4, -0.2) is 110 Å². The number of carbonyl (C=O) groups excluding carboxylic acids is 1. The van der Waals surface area contributed by atoms with Crippen LogP contribution < -0.4 is 10.0 Å². The summed E-state index contributed by atoms with van der Waals surface area (Å²) in [5, 5.41) is 23.8. The monoisotopic (exact) mass is 420 g/mol. The summed E-state index contributed by atoms with van der Waals surface area (Å²) in [4.78, 5) is 16.8. The second-order valence-electron chi connectivity index (χ2n) is 7.90. The van der Waals surface area contributed by atoms with Crippen LogP contribution in [0.5, 0.6) is 0 Å². The highest BCUT2D eigenvalue weighted by atomic mass is 32.2. The molecule has 0 radical (unpaired) electrons. The zero-order valence-electron chi connectivity index (χ0n) is 16.3. The highest BCUT2D eigenvalue weighted by molar-refractivity contribution is 7.88. The molecule has 10 nitrogen and oxygen atoms in total. The highest BCUT2D eigenvalue weighted by Crippen LogP contribution is 2.24. The van der Waals surface area contributed by atoms with Gasteiger partial charge in [0.25, 0.3) is 0 Å². The lowest BCUT2D eigenvalue weighted by atomic mass is 10.0. The molecule has 3 aliphatic heterocycles. The Balaban J connectivity index is 1.45. The molecule has 0 bridgehead atoms. The van der Waals surface area contributed by atoms with Crippen molar-refractivity contribution in [2.75, 3.05) is 45.5 Å². The van der Waals surface area contributed by atoms with E-state index in [4.69, 9.17) is 4.74 Å². The Morgan fingerprint density at radius 2 is 1.82 bits per heavy atom. The molecule has 3 saturated heterocycles. The van der Waals surface area contributed by atoms with Crippen LogP contribution in [0.3, 0.4) is 0 Å². The van der Waals surface area contributed by atoms with Crippen LogP contribution >= 0.6 is 0 Å². The number of carbonyl (C=O) groups is 1. The summed E-state index contributed by atoms with van der Waals surface area (Å²) in [5.74, 6) is -0.121. The molecule has 0 aliphatic carbocycles. The molecule has 11 heteroatoms. The molecule has 1 amide bonds. The molecular weight excluding hydrogens is 388 g/mol. The molecule has 4 N–H and O–H groups in total. The summed E-state index contributed by atoms with van der Waals surface area (Å²) in [5.41, 5.74) is 0. The lowest BCUT2D eigenvalue weighted by molar-refractivity contribution is -0.137. The van der Waals surface area contributed by atoms with E-state index in [2.05, 4.69) is 14.9 Å². The van der Waals surface area contributed by atoms with Gasteiger partial charge in [-0.25, -0.2) is 13.1 Å². The lowest BCUT2D eigenvalue weighted by Gasteiger charge is -2.41. The second-order valence-corrected chi connectivity index (χ2v) is 9.73. The Morgan fingerprint density at radius 3 is 2.43 bits per heavy atom. The van der Waals surface area contributed by atoms with E-state index in [0.717, 1.165) is 32.3 Å². The Morgan fingerprint density at radius 1 is 1.14 bits per heavy atom. The number of piperidine rings is 1. The van der Waals surface area contributed by atoms with Crippen LogP contribution in [-0.2, 0) is 19.6 Å². The third kappa shape index (κ3) is 5.62. The Labute approximate surface area is 166 Å². The van der Waals surface area contributed by atoms with Gasteiger partial charge < -0.3 is 25.2 Å². The number of aliphatic hydroxyl groups excluding tert-OH is 2. The van der Waals surface area contributed by atoms with Gasteiger partial charge in [0.1, 0.15) is 18.3 Å². The van der Waals surface area contributed by atoms with E-state index in [0.29, 0.717) is 19.3 Å². The van der Waals surface area contributed by atoms with Gasteiger partial charge in [-0.15, -0.1) is 0 Å². The number of nitrogens with zero attached hydrogens (tertiary/aromatic N) is 2. The van der Waals surface area contributed by atoms with Gasteiger partial charge in [0.05, 0.1) is 24.9 Å². The molecule has 28 heavy (non-hydrogen) atoms.